The molecule has 2 aromatic rings. The fourth-order valence-corrected chi connectivity index (χ4v) is 5.17. The summed E-state index contributed by atoms with van der Waals surface area (Å²) in [5.74, 6) is 0.884. The van der Waals surface area contributed by atoms with Crippen molar-refractivity contribution in [3.63, 3.8) is 0 Å². The largest absolute Gasteiger partial charge is 0.367 e. The van der Waals surface area contributed by atoms with Crippen molar-refractivity contribution in [3.8, 4) is 6.07 Å². The van der Waals surface area contributed by atoms with Crippen LogP contribution in [0.1, 0.15) is 55.2 Å². The van der Waals surface area contributed by atoms with Crippen LogP contribution < -0.4 is 10.6 Å². The average Bonchev–Trinajstić information content (AvgIpc) is 3.13. The minimum absolute atomic E-state index is 0.209. The molecule has 0 spiro atoms. The molecule has 0 bridgehead atoms. The van der Waals surface area contributed by atoms with Crippen molar-refractivity contribution in [1.29, 1.82) is 5.26 Å². The Kier molecular flexibility index (Phi) is 7.51. The highest BCUT2D eigenvalue weighted by Gasteiger charge is 2.29. The normalized spacial score (nSPS) is 23.0. The predicted molar refractivity (Wildman–Crippen MR) is 131 cm³/mol. The van der Waals surface area contributed by atoms with Gasteiger partial charge >= 0.3 is 0 Å². The van der Waals surface area contributed by atoms with E-state index in [9.17, 15) is 0 Å². The molecule has 168 valence electrons. The van der Waals surface area contributed by atoms with Crippen molar-refractivity contribution in [2.24, 2.45) is 4.99 Å². The van der Waals surface area contributed by atoms with E-state index in [-0.39, 0.29) is 6.17 Å². The van der Waals surface area contributed by atoms with E-state index >= 15 is 0 Å². The summed E-state index contributed by atoms with van der Waals surface area (Å²) in [5, 5.41) is 17.1. The Morgan fingerprint density at radius 2 is 2.22 bits per heavy atom. The molecule has 32 heavy (non-hydrogen) atoms. The van der Waals surface area contributed by atoms with Crippen LogP contribution in [0.5, 0.6) is 0 Å². The second-order valence-electron chi connectivity index (χ2n) is 8.39. The number of pyridine rings is 1. The van der Waals surface area contributed by atoms with Crippen LogP contribution in [0.15, 0.2) is 35.6 Å². The number of amidine groups is 1. The van der Waals surface area contributed by atoms with Gasteiger partial charge in [-0.1, -0.05) is 13.3 Å². The van der Waals surface area contributed by atoms with Gasteiger partial charge in [-0.15, -0.1) is 11.3 Å². The zero-order valence-electron chi connectivity index (χ0n) is 18.8. The number of aromatic nitrogens is 2. The average molecular weight is 450 g/mol. The van der Waals surface area contributed by atoms with Gasteiger partial charge in [0.05, 0.1) is 11.8 Å². The molecule has 2 aliphatic rings. The van der Waals surface area contributed by atoms with Crippen LogP contribution in [-0.4, -0.2) is 52.0 Å². The number of hydrogen-bond donors (Lipinski definition) is 2. The number of thiazole rings is 1. The molecule has 0 amide bonds. The lowest BCUT2D eigenvalue weighted by molar-refractivity contribution is 0.125. The Morgan fingerprint density at radius 3 is 3.00 bits per heavy atom. The molecule has 7 nitrogen and oxygen atoms in total. The van der Waals surface area contributed by atoms with Gasteiger partial charge in [-0.2, -0.15) is 5.26 Å². The standard InChI is InChI=1S/C24H31N7S/c1-3-6-19-15-18(10-14-31(19)13-5-11-25)28-23-20-7-4-12-26-21(20)8-9-22(29-23)30-24-27-16-17(2)32-24/h4,7-9,12,16,18-19,22H,3,5-6,10,13-15H2,1-2H3,(H,27,30)(H,28,29)/t18?,19-,22?/m0/s1. The van der Waals surface area contributed by atoms with Crippen molar-refractivity contribution in [2.45, 2.75) is 64.2 Å². The quantitative estimate of drug-likeness (QED) is 0.659. The topological polar surface area (TPSA) is 89.2 Å². The van der Waals surface area contributed by atoms with Crippen LogP contribution in [0.2, 0.25) is 0 Å². The molecule has 2 aliphatic heterocycles. The zero-order valence-corrected chi connectivity index (χ0v) is 19.6. The third kappa shape index (κ3) is 5.53. The van der Waals surface area contributed by atoms with E-state index in [1.165, 1.54) is 4.88 Å². The highest BCUT2D eigenvalue weighted by Crippen LogP contribution is 2.24. The number of piperidine rings is 1. The van der Waals surface area contributed by atoms with Crippen LogP contribution in [-0.2, 0) is 0 Å². The van der Waals surface area contributed by atoms with Crippen LogP contribution in [0.25, 0.3) is 6.08 Å². The van der Waals surface area contributed by atoms with Gasteiger partial charge in [-0.05, 0) is 50.5 Å². The molecule has 2 N–H and O–H groups in total. The first kappa shape index (κ1) is 22.4. The first-order valence-electron chi connectivity index (χ1n) is 11.4. The van der Waals surface area contributed by atoms with Crippen LogP contribution in [0.4, 0.5) is 5.13 Å². The van der Waals surface area contributed by atoms with Crippen LogP contribution in [0, 0.1) is 18.3 Å². The molecule has 8 heteroatoms. The minimum Gasteiger partial charge on any atom is -0.367 e. The van der Waals surface area contributed by atoms with E-state index in [2.05, 4.69) is 51.5 Å². The molecular formula is C24H31N7S. The number of nitriles is 1. The number of fused-ring (bicyclic) bond motifs is 1. The van der Waals surface area contributed by atoms with Crippen molar-refractivity contribution >= 4 is 28.4 Å². The number of hydrogen-bond acceptors (Lipinski definition) is 8. The monoisotopic (exact) mass is 449 g/mol. The number of nitrogens with zero attached hydrogens (tertiary/aromatic N) is 5. The third-order valence-corrected chi connectivity index (χ3v) is 6.85. The van der Waals surface area contributed by atoms with Crippen molar-refractivity contribution in [1.82, 2.24) is 20.2 Å². The van der Waals surface area contributed by atoms with Crippen molar-refractivity contribution in [3.05, 3.63) is 46.7 Å². The predicted octanol–water partition coefficient (Wildman–Crippen LogP) is 4.19. The van der Waals surface area contributed by atoms with E-state index < -0.39 is 0 Å². The van der Waals surface area contributed by atoms with Crippen molar-refractivity contribution < 1.29 is 0 Å². The highest BCUT2D eigenvalue weighted by molar-refractivity contribution is 7.15. The Bertz CT molecular complexity index is 1010. The minimum atomic E-state index is -0.209. The van der Waals surface area contributed by atoms with E-state index in [0.717, 1.165) is 61.0 Å². The molecule has 0 radical (unpaired) electrons. The summed E-state index contributed by atoms with van der Waals surface area (Å²) in [6.45, 7) is 6.16. The van der Waals surface area contributed by atoms with Gasteiger partial charge in [-0.25, -0.2) is 9.98 Å². The number of anilines is 1. The summed E-state index contributed by atoms with van der Waals surface area (Å²) in [7, 11) is 0. The lowest BCUT2D eigenvalue weighted by Crippen LogP contribution is -2.50. The van der Waals surface area contributed by atoms with E-state index in [1.54, 1.807) is 11.3 Å². The second-order valence-corrected chi connectivity index (χ2v) is 9.63. The lowest BCUT2D eigenvalue weighted by Gasteiger charge is -2.40. The van der Waals surface area contributed by atoms with Crippen LogP contribution >= 0.6 is 11.3 Å². The van der Waals surface area contributed by atoms with Crippen molar-refractivity contribution in [2.75, 3.05) is 18.4 Å². The molecule has 2 aromatic heterocycles. The van der Waals surface area contributed by atoms with E-state index in [4.69, 9.17) is 10.3 Å². The Labute approximate surface area is 194 Å². The summed E-state index contributed by atoms with van der Waals surface area (Å²) >= 11 is 1.63. The number of aryl methyl sites for hydroxylation is 1. The Morgan fingerprint density at radius 1 is 1.31 bits per heavy atom. The first-order chi connectivity index (χ1) is 15.7. The molecule has 2 unspecified atom stereocenters. The molecule has 0 aliphatic carbocycles. The molecule has 3 atom stereocenters. The van der Waals surface area contributed by atoms with E-state index in [0.29, 0.717) is 18.5 Å². The third-order valence-electron chi connectivity index (χ3n) is 6.00. The van der Waals surface area contributed by atoms with Gasteiger partial charge in [0, 0.05) is 54.4 Å². The molecule has 4 rings (SSSR count). The maximum atomic E-state index is 9.01. The molecule has 1 fully saturated rings. The van der Waals surface area contributed by atoms with Gasteiger partial charge in [0.25, 0.3) is 0 Å². The van der Waals surface area contributed by atoms with Gasteiger partial charge in [0.1, 0.15) is 12.0 Å². The molecule has 0 saturated carbocycles. The lowest BCUT2D eigenvalue weighted by atomic mass is 9.93. The number of likely N-dealkylation sites (tertiary alicyclic amines) is 1. The zero-order chi connectivity index (χ0) is 22.3. The maximum Gasteiger partial charge on any atom is 0.184 e. The summed E-state index contributed by atoms with van der Waals surface area (Å²) in [4.78, 5) is 17.7. The fourth-order valence-electron chi connectivity index (χ4n) is 4.47. The van der Waals surface area contributed by atoms with Gasteiger partial charge in [0.15, 0.2) is 5.13 Å². The summed E-state index contributed by atoms with van der Waals surface area (Å²) < 4.78 is 0. The summed E-state index contributed by atoms with van der Waals surface area (Å²) in [6.07, 6.45) is 12.6. The first-order valence-corrected chi connectivity index (χ1v) is 12.3. The van der Waals surface area contributed by atoms with Gasteiger partial charge in [-0.3, -0.25) is 9.88 Å². The fraction of sp³-hybridized carbons (Fsp3) is 0.500. The molecule has 0 aromatic carbocycles. The molecular weight excluding hydrogens is 418 g/mol. The second kappa shape index (κ2) is 10.7. The summed E-state index contributed by atoms with van der Waals surface area (Å²) in [6, 6.07) is 7.19. The number of rotatable bonds is 7. The molecule has 1 saturated heterocycles. The smallest absolute Gasteiger partial charge is 0.184 e. The summed E-state index contributed by atoms with van der Waals surface area (Å²) in [5.41, 5.74) is 1.96. The maximum absolute atomic E-state index is 9.01. The van der Waals surface area contributed by atoms with E-state index in [1.807, 2.05) is 30.6 Å². The SMILES string of the molecule is CCC[C@H]1CC(NC2=NC(Nc3ncc(C)s3)C=Cc3ncccc32)CCN1CCC#N. The van der Waals surface area contributed by atoms with Gasteiger partial charge in [0.2, 0.25) is 0 Å². The number of nitrogens with one attached hydrogen (secondary N) is 2. The molecule has 4 heterocycles. The Balaban J connectivity index is 1.52. The van der Waals surface area contributed by atoms with Gasteiger partial charge < -0.3 is 10.6 Å². The Hall–Kier alpha value is -2.76. The number of aliphatic imine (C=N–C) groups is 1. The highest BCUT2D eigenvalue weighted by atomic mass is 32.1. The van der Waals surface area contributed by atoms with Crippen LogP contribution in [0.3, 0.4) is 0 Å².